The van der Waals surface area contributed by atoms with Crippen molar-refractivity contribution in [3.05, 3.63) is 70.8 Å². The molecule has 1 heterocycles. The molecule has 0 saturated carbocycles. The normalized spacial score (nSPS) is 14.1. The molecule has 3 rings (SSSR count). The van der Waals surface area contributed by atoms with Crippen LogP contribution in [0.15, 0.2) is 65.1 Å². The van der Waals surface area contributed by atoms with Gasteiger partial charge in [-0.1, -0.05) is 23.7 Å². The first-order chi connectivity index (χ1) is 14.0. The van der Waals surface area contributed by atoms with Crippen LogP contribution >= 0.6 is 11.6 Å². The maximum absolute atomic E-state index is 12.5. The van der Waals surface area contributed by atoms with E-state index < -0.39 is 15.6 Å². The number of ether oxygens (including phenoxy) is 1. The predicted molar refractivity (Wildman–Crippen MR) is 119 cm³/mol. The highest BCUT2D eigenvalue weighted by molar-refractivity contribution is 7.89. The van der Waals surface area contributed by atoms with Crippen LogP contribution in [0.25, 0.3) is 6.08 Å². The van der Waals surface area contributed by atoms with Gasteiger partial charge in [-0.3, -0.25) is 4.79 Å². The quantitative estimate of drug-likeness (QED) is 0.667. The van der Waals surface area contributed by atoms with Gasteiger partial charge in [0.05, 0.1) is 4.90 Å². The Morgan fingerprint density at radius 1 is 1.17 bits per heavy atom. The summed E-state index contributed by atoms with van der Waals surface area (Å²) in [5, 5.41) is 3.28. The van der Waals surface area contributed by atoms with Crippen molar-refractivity contribution in [1.29, 1.82) is 0 Å². The summed E-state index contributed by atoms with van der Waals surface area (Å²) in [4.78, 5) is 12.4. The van der Waals surface area contributed by atoms with Crippen LogP contribution in [0, 0.1) is 0 Å². The molecule has 0 bridgehead atoms. The molecule has 0 unspecified atom stereocenters. The van der Waals surface area contributed by atoms with E-state index in [4.69, 9.17) is 16.3 Å². The van der Waals surface area contributed by atoms with Gasteiger partial charge in [-0.15, -0.1) is 0 Å². The van der Waals surface area contributed by atoms with E-state index in [1.165, 1.54) is 18.2 Å². The molecule has 6 nitrogen and oxygen atoms in total. The molecule has 0 atom stereocenters. The molecule has 1 aliphatic heterocycles. The summed E-state index contributed by atoms with van der Waals surface area (Å²) < 4.78 is 33.2. The van der Waals surface area contributed by atoms with E-state index in [9.17, 15) is 13.2 Å². The summed E-state index contributed by atoms with van der Waals surface area (Å²) in [5.74, 6) is 0.356. The minimum atomic E-state index is -3.69. The van der Waals surface area contributed by atoms with Crippen LogP contribution in [0.3, 0.4) is 0 Å². The first kappa shape index (κ1) is 22.1. The van der Waals surface area contributed by atoms with E-state index in [0.717, 1.165) is 16.9 Å². The first-order valence-corrected chi connectivity index (χ1v) is 11.1. The second-order valence-corrected chi connectivity index (χ2v) is 10.0. The topological polar surface area (TPSA) is 84.5 Å². The lowest BCUT2D eigenvalue weighted by Crippen LogP contribution is -2.40. The Morgan fingerprint density at radius 2 is 1.93 bits per heavy atom. The van der Waals surface area contributed by atoms with Crippen molar-refractivity contribution in [2.45, 2.75) is 31.2 Å². The number of benzene rings is 2. The van der Waals surface area contributed by atoms with Gasteiger partial charge >= 0.3 is 0 Å². The van der Waals surface area contributed by atoms with Crippen molar-refractivity contribution in [2.24, 2.45) is 0 Å². The highest BCUT2D eigenvalue weighted by Crippen LogP contribution is 2.29. The molecule has 30 heavy (non-hydrogen) atoms. The molecule has 158 valence electrons. The van der Waals surface area contributed by atoms with Gasteiger partial charge in [0.15, 0.2) is 0 Å². The van der Waals surface area contributed by atoms with Crippen LogP contribution in [-0.4, -0.2) is 26.5 Å². The number of rotatable bonds is 5. The number of sulfonamides is 1. The standard InChI is InChI=1S/C22H23ClN2O4S/c1-22(2,3)25-30(27,28)19-6-4-5-18(13-19)24-21(26)10-7-15-11-16-12-17(23)8-9-20(16)29-14-15/h4-13,25H,14H2,1-3H3,(H,24,26)/b10-7+. The molecule has 0 aromatic heterocycles. The third kappa shape index (κ3) is 5.95. The Morgan fingerprint density at radius 3 is 2.67 bits per heavy atom. The first-order valence-electron chi connectivity index (χ1n) is 9.28. The number of carbonyl (C=O) groups is 1. The molecular weight excluding hydrogens is 424 g/mol. The third-order valence-electron chi connectivity index (χ3n) is 4.01. The molecule has 0 spiro atoms. The second-order valence-electron chi connectivity index (χ2n) is 7.90. The maximum atomic E-state index is 12.5. The van der Waals surface area contributed by atoms with E-state index in [0.29, 0.717) is 17.3 Å². The Kier molecular flexibility index (Phi) is 6.36. The average Bonchev–Trinajstić information content (AvgIpc) is 2.64. The van der Waals surface area contributed by atoms with Gasteiger partial charge in [0.1, 0.15) is 12.4 Å². The summed E-state index contributed by atoms with van der Waals surface area (Å²) >= 11 is 6.01. The van der Waals surface area contributed by atoms with Gasteiger partial charge in [0.2, 0.25) is 15.9 Å². The lowest BCUT2D eigenvalue weighted by atomic mass is 10.1. The number of halogens is 1. The molecule has 1 aliphatic rings. The molecule has 0 aliphatic carbocycles. The molecule has 0 saturated heterocycles. The zero-order chi connectivity index (χ0) is 21.9. The fourth-order valence-electron chi connectivity index (χ4n) is 2.83. The SMILES string of the molecule is CC(C)(C)NS(=O)(=O)c1cccc(NC(=O)/C=C/C2=Cc3cc(Cl)ccc3OC2)c1. The number of fused-ring (bicyclic) bond motifs is 1. The van der Waals surface area contributed by atoms with Crippen molar-refractivity contribution in [3.8, 4) is 5.75 Å². The van der Waals surface area contributed by atoms with Crippen LogP contribution in [0.4, 0.5) is 5.69 Å². The summed E-state index contributed by atoms with van der Waals surface area (Å²) in [6, 6.07) is 11.5. The monoisotopic (exact) mass is 446 g/mol. The van der Waals surface area contributed by atoms with Crippen LogP contribution < -0.4 is 14.8 Å². The van der Waals surface area contributed by atoms with E-state index in [1.54, 1.807) is 57.2 Å². The van der Waals surface area contributed by atoms with E-state index in [-0.39, 0.29) is 10.8 Å². The summed E-state index contributed by atoms with van der Waals surface area (Å²) in [7, 11) is -3.69. The zero-order valence-electron chi connectivity index (χ0n) is 16.9. The van der Waals surface area contributed by atoms with Crippen LogP contribution in [0.2, 0.25) is 5.02 Å². The Hall–Kier alpha value is -2.61. The van der Waals surface area contributed by atoms with Crippen LogP contribution in [0.5, 0.6) is 5.75 Å². The van der Waals surface area contributed by atoms with Gasteiger partial charge in [0, 0.05) is 27.9 Å². The van der Waals surface area contributed by atoms with E-state index in [2.05, 4.69) is 10.0 Å². The molecule has 1 amide bonds. The largest absolute Gasteiger partial charge is 0.488 e. The van der Waals surface area contributed by atoms with Crippen molar-refractivity contribution >= 4 is 39.3 Å². The minimum Gasteiger partial charge on any atom is -0.488 e. The second kappa shape index (κ2) is 8.63. The lowest BCUT2D eigenvalue weighted by Gasteiger charge is -2.20. The number of nitrogens with one attached hydrogen (secondary N) is 2. The molecular formula is C22H23ClN2O4S. The van der Waals surface area contributed by atoms with E-state index in [1.807, 2.05) is 6.08 Å². The molecule has 0 radical (unpaired) electrons. The van der Waals surface area contributed by atoms with Gasteiger partial charge in [0.25, 0.3) is 0 Å². The predicted octanol–water partition coefficient (Wildman–Crippen LogP) is 4.39. The van der Waals surface area contributed by atoms with E-state index >= 15 is 0 Å². The lowest BCUT2D eigenvalue weighted by molar-refractivity contribution is -0.111. The number of carbonyl (C=O) groups excluding carboxylic acids is 1. The minimum absolute atomic E-state index is 0.0797. The van der Waals surface area contributed by atoms with Crippen LogP contribution in [-0.2, 0) is 14.8 Å². The number of amides is 1. The number of hydrogen-bond donors (Lipinski definition) is 2. The van der Waals surface area contributed by atoms with Gasteiger partial charge in [-0.25, -0.2) is 13.1 Å². The highest BCUT2D eigenvalue weighted by atomic mass is 35.5. The maximum Gasteiger partial charge on any atom is 0.248 e. The van der Waals surface area contributed by atoms with Gasteiger partial charge in [-0.05, 0) is 68.8 Å². The van der Waals surface area contributed by atoms with Crippen LogP contribution in [0.1, 0.15) is 26.3 Å². The fourth-order valence-corrected chi connectivity index (χ4v) is 4.48. The molecule has 2 aromatic rings. The molecule has 0 fully saturated rings. The summed E-state index contributed by atoms with van der Waals surface area (Å²) in [5.41, 5.74) is 1.43. The molecule has 8 heteroatoms. The number of hydrogen-bond acceptors (Lipinski definition) is 4. The summed E-state index contributed by atoms with van der Waals surface area (Å²) in [6.45, 7) is 5.62. The van der Waals surface area contributed by atoms with Gasteiger partial charge < -0.3 is 10.1 Å². The molecule has 2 aromatic carbocycles. The molecule has 2 N–H and O–H groups in total. The Balaban J connectivity index is 1.70. The van der Waals surface area contributed by atoms with Crippen molar-refractivity contribution in [1.82, 2.24) is 4.72 Å². The summed E-state index contributed by atoms with van der Waals surface area (Å²) in [6.07, 6.45) is 4.93. The zero-order valence-corrected chi connectivity index (χ0v) is 18.5. The van der Waals surface area contributed by atoms with Crippen molar-refractivity contribution in [2.75, 3.05) is 11.9 Å². The van der Waals surface area contributed by atoms with Crippen molar-refractivity contribution in [3.63, 3.8) is 0 Å². The average molecular weight is 447 g/mol. The third-order valence-corrected chi connectivity index (χ3v) is 6.00. The van der Waals surface area contributed by atoms with Crippen molar-refractivity contribution < 1.29 is 17.9 Å². The Bertz CT molecular complexity index is 1130. The smallest absolute Gasteiger partial charge is 0.248 e. The fraction of sp³-hybridized carbons (Fsp3) is 0.227. The number of anilines is 1. The highest BCUT2D eigenvalue weighted by Gasteiger charge is 2.22. The van der Waals surface area contributed by atoms with Gasteiger partial charge in [-0.2, -0.15) is 0 Å². The Labute approximate surface area is 181 Å².